The van der Waals surface area contributed by atoms with Crippen molar-refractivity contribution in [3.8, 4) is 0 Å². The van der Waals surface area contributed by atoms with E-state index in [1.807, 2.05) is 50.2 Å². The van der Waals surface area contributed by atoms with Crippen LogP contribution in [-0.2, 0) is 11.8 Å². The summed E-state index contributed by atoms with van der Waals surface area (Å²) in [5.41, 5.74) is 2.04. The second kappa shape index (κ2) is 11.9. The lowest BCUT2D eigenvalue weighted by Gasteiger charge is -2.27. The molecule has 2 aromatic rings. The molecule has 5 nitrogen and oxygen atoms in total. The summed E-state index contributed by atoms with van der Waals surface area (Å²) in [6, 6.07) is 14.5. The molecule has 0 saturated heterocycles. The standard InChI is InChI=1S/C23H31FN4O.HI/c1-23(2,19-11-6-7-12-20(19)24)16-27-22(25-3)26-14-13-17-9-8-10-18(15-17)21(29)28(4)5;/h6-12,15H,13-14,16H2,1-5H3,(H2,25,26,27);1H. The van der Waals surface area contributed by atoms with E-state index in [4.69, 9.17) is 0 Å². The number of carbonyl (C=O) groups excluding carboxylic acids is 1. The predicted molar refractivity (Wildman–Crippen MR) is 132 cm³/mol. The average Bonchev–Trinajstić information content (AvgIpc) is 2.70. The molecule has 0 radical (unpaired) electrons. The fraction of sp³-hybridized carbons (Fsp3) is 0.391. The lowest BCUT2D eigenvalue weighted by atomic mass is 9.84. The molecule has 1 amide bonds. The maximum atomic E-state index is 14.1. The van der Waals surface area contributed by atoms with E-state index in [1.165, 1.54) is 6.07 Å². The first-order valence-electron chi connectivity index (χ1n) is 9.74. The first-order chi connectivity index (χ1) is 13.7. The summed E-state index contributed by atoms with van der Waals surface area (Å²) < 4.78 is 14.1. The van der Waals surface area contributed by atoms with Crippen molar-refractivity contribution < 1.29 is 9.18 Å². The second-order valence-electron chi connectivity index (χ2n) is 7.87. The zero-order valence-corrected chi connectivity index (χ0v) is 20.7. The van der Waals surface area contributed by atoms with Crippen molar-refractivity contribution >= 4 is 35.8 Å². The highest BCUT2D eigenvalue weighted by Crippen LogP contribution is 2.24. The van der Waals surface area contributed by atoms with Gasteiger partial charge in [-0.15, -0.1) is 24.0 Å². The average molecular weight is 526 g/mol. The van der Waals surface area contributed by atoms with Gasteiger partial charge in [0.05, 0.1) is 0 Å². The number of benzene rings is 2. The molecule has 7 heteroatoms. The van der Waals surface area contributed by atoms with Gasteiger partial charge in [-0.3, -0.25) is 9.79 Å². The maximum absolute atomic E-state index is 14.1. The molecule has 0 atom stereocenters. The van der Waals surface area contributed by atoms with Crippen LogP contribution in [0.1, 0.15) is 35.3 Å². The van der Waals surface area contributed by atoms with Crippen LogP contribution in [0, 0.1) is 5.82 Å². The Bertz CT molecular complexity index is 868. The van der Waals surface area contributed by atoms with Crippen LogP contribution in [0.3, 0.4) is 0 Å². The third kappa shape index (κ3) is 7.27. The van der Waals surface area contributed by atoms with Crippen molar-refractivity contribution in [1.82, 2.24) is 15.5 Å². The van der Waals surface area contributed by atoms with Gasteiger partial charge in [-0.25, -0.2) is 4.39 Å². The number of amides is 1. The first kappa shape index (κ1) is 25.9. The largest absolute Gasteiger partial charge is 0.356 e. The van der Waals surface area contributed by atoms with Crippen LogP contribution in [0.25, 0.3) is 0 Å². The van der Waals surface area contributed by atoms with E-state index in [9.17, 15) is 9.18 Å². The number of halogens is 2. The van der Waals surface area contributed by atoms with Gasteiger partial charge in [0.15, 0.2) is 5.96 Å². The number of hydrogen-bond donors (Lipinski definition) is 2. The number of guanidine groups is 1. The maximum Gasteiger partial charge on any atom is 0.253 e. The van der Waals surface area contributed by atoms with Crippen molar-refractivity contribution in [2.75, 3.05) is 34.2 Å². The topological polar surface area (TPSA) is 56.7 Å². The van der Waals surface area contributed by atoms with Gasteiger partial charge in [-0.05, 0) is 35.7 Å². The molecular weight excluding hydrogens is 494 g/mol. The van der Waals surface area contributed by atoms with Gasteiger partial charge in [0.25, 0.3) is 5.91 Å². The molecule has 0 saturated carbocycles. The normalized spacial score (nSPS) is 11.5. The summed E-state index contributed by atoms with van der Waals surface area (Å²) in [6.07, 6.45) is 0.756. The van der Waals surface area contributed by atoms with Gasteiger partial charge in [0.1, 0.15) is 5.82 Å². The van der Waals surface area contributed by atoms with Crippen LogP contribution in [0.2, 0.25) is 0 Å². The van der Waals surface area contributed by atoms with Crippen LogP contribution in [0.4, 0.5) is 4.39 Å². The number of rotatable bonds is 7. The molecule has 0 aromatic heterocycles. The highest BCUT2D eigenvalue weighted by molar-refractivity contribution is 14.0. The van der Waals surface area contributed by atoms with Gasteiger partial charge >= 0.3 is 0 Å². The summed E-state index contributed by atoms with van der Waals surface area (Å²) in [7, 11) is 5.20. The van der Waals surface area contributed by atoms with Gasteiger partial charge in [0, 0.05) is 45.2 Å². The highest BCUT2D eigenvalue weighted by Gasteiger charge is 2.24. The monoisotopic (exact) mass is 526 g/mol. The summed E-state index contributed by atoms with van der Waals surface area (Å²) in [4.78, 5) is 17.9. The van der Waals surface area contributed by atoms with Crippen molar-refractivity contribution in [2.45, 2.75) is 25.7 Å². The van der Waals surface area contributed by atoms with Gasteiger partial charge in [-0.1, -0.05) is 44.2 Å². The Labute approximate surface area is 196 Å². The summed E-state index contributed by atoms with van der Waals surface area (Å²) in [5.74, 6) is 0.456. The quantitative estimate of drug-likeness (QED) is 0.328. The molecular formula is C23H32FIN4O. The van der Waals surface area contributed by atoms with E-state index in [-0.39, 0.29) is 41.1 Å². The zero-order valence-electron chi connectivity index (χ0n) is 18.3. The lowest BCUT2D eigenvalue weighted by molar-refractivity contribution is 0.0827. The van der Waals surface area contributed by atoms with Gasteiger partial charge in [0.2, 0.25) is 0 Å². The SMILES string of the molecule is CN=C(NCCc1cccc(C(=O)N(C)C)c1)NCC(C)(C)c1ccccc1F.I. The Balaban J connectivity index is 0.00000450. The molecule has 2 rings (SSSR count). The molecule has 0 aliphatic carbocycles. The number of nitrogens with one attached hydrogen (secondary N) is 2. The molecule has 0 aliphatic rings. The third-order valence-corrected chi connectivity index (χ3v) is 4.81. The summed E-state index contributed by atoms with van der Waals surface area (Å²) in [6.45, 7) is 5.21. The minimum atomic E-state index is -0.385. The van der Waals surface area contributed by atoms with E-state index in [1.54, 1.807) is 32.1 Å². The number of nitrogens with zero attached hydrogens (tertiary/aromatic N) is 2. The Hall–Kier alpha value is -2.16. The molecule has 30 heavy (non-hydrogen) atoms. The van der Waals surface area contributed by atoms with E-state index < -0.39 is 0 Å². The van der Waals surface area contributed by atoms with Crippen LogP contribution < -0.4 is 10.6 Å². The van der Waals surface area contributed by atoms with Gasteiger partial charge in [-0.2, -0.15) is 0 Å². The Morgan fingerprint density at radius 2 is 1.80 bits per heavy atom. The second-order valence-corrected chi connectivity index (χ2v) is 7.87. The van der Waals surface area contributed by atoms with E-state index in [0.717, 1.165) is 12.0 Å². The third-order valence-electron chi connectivity index (χ3n) is 4.81. The van der Waals surface area contributed by atoms with Crippen molar-refractivity contribution in [2.24, 2.45) is 4.99 Å². The number of carbonyl (C=O) groups is 1. The first-order valence-corrected chi connectivity index (χ1v) is 9.74. The van der Waals surface area contributed by atoms with E-state index in [2.05, 4.69) is 15.6 Å². The minimum Gasteiger partial charge on any atom is -0.356 e. The molecule has 0 spiro atoms. The van der Waals surface area contributed by atoms with Crippen LogP contribution in [0.5, 0.6) is 0 Å². The van der Waals surface area contributed by atoms with Crippen LogP contribution >= 0.6 is 24.0 Å². The molecule has 164 valence electrons. The number of aliphatic imine (C=N–C) groups is 1. The molecule has 0 unspecified atom stereocenters. The van der Waals surface area contributed by atoms with Crippen molar-refractivity contribution in [3.05, 3.63) is 71.0 Å². The molecule has 0 aliphatic heterocycles. The van der Waals surface area contributed by atoms with Crippen LogP contribution in [-0.4, -0.2) is 51.0 Å². The predicted octanol–water partition coefficient (Wildman–Crippen LogP) is 3.83. The summed E-state index contributed by atoms with van der Waals surface area (Å²) >= 11 is 0. The molecule has 0 heterocycles. The van der Waals surface area contributed by atoms with Crippen molar-refractivity contribution in [1.29, 1.82) is 0 Å². The molecule has 2 aromatic carbocycles. The van der Waals surface area contributed by atoms with Crippen LogP contribution in [0.15, 0.2) is 53.5 Å². The van der Waals surface area contributed by atoms with E-state index in [0.29, 0.717) is 30.2 Å². The fourth-order valence-electron chi connectivity index (χ4n) is 3.07. The molecule has 2 N–H and O–H groups in total. The van der Waals surface area contributed by atoms with Gasteiger partial charge < -0.3 is 15.5 Å². The molecule has 0 fully saturated rings. The summed E-state index contributed by atoms with van der Waals surface area (Å²) in [5, 5.41) is 6.56. The highest BCUT2D eigenvalue weighted by atomic mass is 127. The smallest absolute Gasteiger partial charge is 0.253 e. The Kier molecular flexibility index (Phi) is 10.2. The van der Waals surface area contributed by atoms with E-state index >= 15 is 0 Å². The zero-order chi connectivity index (χ0) is 21.4. The minimum absolute atomic E-state index is 0. The Morgan fingerprint density at radius 3 is 2.43 bits per heavy atom. The lowest BCUT2D eigenvalue weighted by Crippen LogP contribution is -2.44. The van der Waals surface area contributed by atoms with Crippen molar-refractivity contribution in [3.63, 3.8) is 0 Å². The number of hydrogen-bond acceptors (Lipinski definition) is 2. The fourth-order valence-corrected chi connectivity index (χ4v) is 3.07. The molecule has 0 bridgehead atoms. The Morgan fingerprint density at radius 1 is 1.10 bits per heavy atom.